The molecule has 0 aromatic heterocycles. The summed E-state index contributed by atoms with van der Waals surface area (Å²) in [4.78, 5) is 8.05. The lowest BCUT2D eigenvalue weighted by atomic mass is 9.98. The van der Waals surface area contributed by atoms with E-state index in [2.05, 4.69) is 12.6 Å². The van der Waals surface area contributed by atoms with Crippen molar-refractivity contribution in [1.82, 2.24) is 0 Å². The first-order valence-corrected chi connectivity index (χ1v) is 4.14. The fraction of sp³-hybridized carbons (Fsp3) is 0.833. The highest BCUT2D eigenvalue weighted by Gasteiger charge is 2.88. The zero-order valence-corrected chi connectivity index (χ0v) is 8.09. The molecule has 0 bridgehead atoms. The molecule has 0 aliphatic heterocycles. The van der Waals surface area contributed by atoms with Crippen LogP contribution in [0.1, 0.15) is 0 Å². The maximum absolute atomic E-state index is 10.9. The molecule has 0 aromatic carbocycles. The van der Waals surface area contributed by atoms with Gasteiger partial charge in [0.25, 0.3) is 5.79 Å². The van der Waals surface area contributed by atoms with E-state index in [-0.39, 0.29) is 0 Å². The summed E-state index contributed by atoms with van der Waals surface area (Å²) in [5.74, 6) is -8.98. The van der Waals surface area contributed by atoms with Gasteiger partial charge in [0.05, 0.1) is 0 Å². The molecule has 15 heavy (non-hydrogen) atoms. The molecule has 0 saturated heterocycles. The van der Waals surface area contributed by atoms with Crippen LogP contribution in [0.25, 0.3) is 0 Å². The maximum atomic E-state index is 10.9. The Morgan fingerprint density at radius 3 is 1.73 bits per heavy atom. The number of aliphatic hydroxyl groups is 7. The minimum Gasteiger partial charge on any atom is -0.391 e. The van der Waals surface area contributed by atoms with Gasteiger partial charge in [-0.2, -0.15) is 0 Å². The van der Waals surface area contributed by atoms with Crippen molar-refractivity contribution in [2.45, 2.75) is 22.1 Å². The van der Waals surface area contributed by atoms with Gasteiger partial charge in [0, 0.05) is 0 Å². The van der Waals surface area contributed by atoms with Crippen LogP contribution in [0, 0.1) is 0 Å². The Kier molecular flexibility index (Phi) is 2.47. The van der Waals surface area contributed by atoms with Crippen molar-refractivity contribution in [1.29, 1.82) is 0 Å². The minimum atomic E-state index is -3.86. The van der Waals surface area contributed by atoms with Crippen LogP contribution in [0.5, 0.6) is 0 Å². The zero-order chi connectivity index (χ0) is 12.3. The highest BCUT2D eigenvalue weighted by Crippen LogP contribution is 2.54. The van der Waals surface area contributed by atoms with E-state index in [1.807, 2.05) is 0 Å². The van der Waals surface area contributed by atoms with Crippen molar-refractivity contribution in [2.24, 2.45) is 0 Å². The normalized spacial score (nSPS) is 36.9. The second-order valence-corrected chi connectivity index (χ2v) is 4.01. The molecule has 8 nitrogen and oxygen atoms in total. The lowest BCUT2D eigenvalue weighted by Gasteiger charge is -2.36. The van der Waals surface area contributed by atoms with Crippen LogP contribution in [-0.2, 0) is 4.79 Å². The Labute approximate surface area is 88.4 Å². The number of rotatable bonds is 3. The van der Waals surface area contributed by atoms with Crippen LogP contribution >= 0.6 is 12.6 Å². The number of aliphatic hydroxyl groups excluding tert-OH is 1. The third kappa shape index (κ3) is 1.20. The van der Waals surface area contributed by atoms with Crippen molar-refractivity contribution in [3.63, 3.8) is 0 Å². The first-order chi connectivity index (χ1) is 6.47. The van der Waals surface area contributed by atoms with E-state index >= 15 is 0 Å². The number of Topliss-reactive ketones (excluding diaryl/α,β-unsaturated/α-hetero) is 1. The van der Waals surface area contributed by atoms with Crippen LogP contribution in [0.2, 0.25) is 0 Å². The van der Waals surface area contributed by atoms with Gasteiger partial charge in [-0.1, -0.05) is 0 Å². The van der Waals surface area contributed by atoms with E-state index in [1.165, 1.54) is 0 Å². The summed E-state index contributed by atoms with van der Waals surface area (Å²) in [6.07, 6.45) is 0. The van der Waals surface area contributed by atoms with Crippen LogP contribution in [0.15, 0.2) is 0 Å². The molecule has 0 spiro atoms. The average molecular weight is 242 g/mol. The van der Waals surface area contributed by atoms with Crippen molar-refractivity contribution in [3.8, 4) is 0 Å². The van der Waals surface area contributed by atoms with Gasteiger partial charge in [-0.15, -0.1) is 12.6 Å². The van der Waals surface area contributed by atoms with E-state index in [4.69, 9.17) is 30.6 Å². The number of ketones is 1. The molecule has 0 heterocycles. The highest BCUT2D eigenvalue weighted by atomic mass is 32.1. The van der Waals surface area contributed by atoms with Gasteiger partial charge >= 0.3 is 0 Å². The molecule has 0 radical (unpaired) electrons. The minimum absolute atomic E-state index is 1.52. The Hall–Kier alpha value is -0.260. The van der Waals surface area contributed by atoms with Gasteiger partial charge in [-0.25, -0.2) is 0 Å². The molecular weight excluding hydrogens is 232 g/mol. The third-order valence-corrected chi connectivity index (χ3v) is 2.90. The molecule has 88 valence electrons. The second kappa shape index (κ2) is 2.90. The number of hydrogen-bond acceptors (Lipinski definition) is 9. The molecule has 1 unspecified atom stereocenters. The lowest BCUT2D eigenvalue weighted by molar-refractivity contribution is -0.399. The Balaban J connectivity index is 3.15. The maximum Gasteiger partial charge on any atom is 0.262 e. The number of thiol groups is 1. The molecular formula is C6H10O8S. The fourth-order valence-electron chi connectivity index (χ4n) is 1.14. The number of hydrogen-bond donors (Lipinski definition) is 8. The monoisotopic (exact) mass is 242 g/mol. The number of carbonyl (C=O) groups excluding carboxylic acids is 1. The molecule has 9 heteroatoms. The first kappa shape index (κ1) is 12.8. The summed E-state index contributed by atoms with van der Waals surface area (Å²) in [5.41, 5.74) is -3.28. The smallest absolute Gasteiger partial charge is 0.262 e. The van der Waals surface area contributed by atoms with E-state index in [0.717, 1.165) is 0 Å². The molecule has 7 N–H and O–H groups in total. The Morgan fingerprint density at radius 2 is 1.53 bits per heavy atom. The molecule has 1 aliphatic rings. The molecule has 0 amide bonds. The Morgan fingerprint density at radius 1 is 1.20 bits per heavy atom. The van der Waals surface area contributed by atoms with Crippen molar-refractivity contribution >= 4 is 18.4 Å². The summed E-state index contributed by atoms with van der Waals surface area (Å²) in [7, 11) is 0. The van der Waals surface area contributed by atoms with E-state index in [1.54, 1.807) is 0 Å². The molecule has 1 fully saturated rings. The van der Waals surface area contributed by atoms with Crippen LogP contribution in [0.3, 0.4) is 0 Å². The molecule has 1 saturated carbocycles. The van der Waals surface area contributed by atoms with E-state index in [0.29, 0.717) is 0 Å². The predicted octanol–water partition coefficient (Wildman–Crippen LogP) is -4.73. The van der Waals surface area contributed by atoms with Gasteiger partial charge in [0.2, 0.25) is 22.1 Å². The molecule has 0 aromatic rings. The van der Waals surface area contributed by atoms with Crippen LogP contribution in [-0.4, -0.2) is 70.2 Å². The largest absolute Gasteiger partial charge is 0.391 e. The Bertz CT molecular complexity index is 310. The fourth-order valence-corrected chi connectivity index (χ4v) is 1.51. The van der Waals surface area contributed by atoms with E-state index < -0.39 is 34.5 Å². The van der Waals surface area contributed by atoms with Crippen molar-refractivity contribution < 1.29 is 40.5 Å². The topological polar surface area (TPSA) is 159 Å². The van der Waals surface area contributed by atoms with Gasteiger partial charge < -0.3 is 35.7 Å². The SMILES string of the molecule is O=C1C(O)(S)[C@]1(O)C(O)(O)C(O)(O)CO. The summed E-state index contributed by atoms with van der Waals surface area (Å²) < 4.78 is 0. The lowest BCUT2D eigenvalue weighted by Crippen LogP contribution is -2.67. The van der Waals surface area contributed by atoms with Gasteiger partial charge in [0.15, 0.2) is 0 Å². The third-order valence-electron chi connectivity index (χ3n) is 2.37. The molecule has 1 aliphatic carbocycles. The van der Waals surface area contributed by atoms with E-state index in [9.17, 15) is 9.90 Å². The predicted molar refractivity (Wildman–Crippen MR) is 45.3 cm³/mol. The highest BCUT2D eigenvalue weighted by molar-refractivity contribution is 7.83. The average Bonchev–Trinajstić information content (AvgIpc) is 2.51. The van der Waals surface area contributed by atoms with Crippen molar-refractivity contribution in [3.05, 3.63) is 0 Å². The molecule has 2 atom stereocenters. The van der Waals surface area contributed by atoms with Gasteiger partial charge in [-0.3, -0.25) is 4.79 Å². The van der Waals surface area contributed by atoms with Crippen LogP contribution < -0.4 is 0 Å². The summed E-state index contributed by atoms with van der Waals surface area (Å²) in [6.45, 7) is -1.58. The first-order valence-electron chi connectivity index (χ1n) is 3.69. The zero-order valence-electron chi connectivity index (χ0n) is 7.19. The summed E-state index contributed by atoms with van der Waals surface area (Å²) in [6, 6.07) is 0. The summed E-state index contributed by atoms with van der Waals surface area (Å²) in [5, 5.41) is 63.0. The van der Waals surface area contributed by atoms with Gasteiger partial charge in [0.1, 0.15) is 6.61 Å². The standard InChI is InChI=1S/C6H10O8S/c7-1-3(9,10)6(13,14)4(11)2(8)5(4,12)15/h7,9-15H,1H2/t4-,5?/m0/s1. The van der Waals surface area contributed by atoms with Crippen molar-refractivity contribution in [2.75, 3.05) is 6.61 Å². The second-order valence-electron chi connectivity index (χ2n) is 3.36. The quantitative estimate of drug-likeness (QED) is 0.181. The molecule has 1 rings (SSSR count). The van der Waals surface area contributed by atoms with Gasteiger partial charge in [-0.05, 0) is 0 Å². The number of carbonyl (C=O) groups is 1. The summed E-state index contributed by atoms with van der Waals surface area (Å²) >= 11 is 3.21. The van der Waals surface area contributed by atoms with Crippen LogP contribution in [0.4, 0.5) is 0 Å².